The van der Waals surface area contributed by atoms with Crippen LogP contribution in [0.15, 0.2) is 38.5 Å². The second kappa shape index (κ2) is 8.06. The summed E-state index contributed by atoms with van der Waals surface area (Å²) in [6.07, 6.45) is 0. The van der Waals surface area contributed by atoms with Gasteiger partial charge in [-0.1, -0.05) is 53.0 Å². The molecule has 1 unspecified atom stereocenters. The molecular formula is C16H15BrCl2O5S2. The van der Waals surface area contributed by atoms with Gasteiger partial charge in [0.1, 0.15) is 10.6 Å². The Morgan fingerprint density at radius 1 is 1.12 bits per heavy atom. The highest BCUT2D eigenvalue weighted by Crippen LogP contribution is 2.38. The fraction of sp³-hybridized carbons (Fsp3) is 0.250. The molecular weight excluding hydrogens is 487 g/mol. The average molecular weight is 502 g/mol. The third-order valence-corrected chi connectivity index (χ3v) is 7.67. The molecule has 10 heteroatoms. The maximum absolute atomic E-state index is 12.7. The van der Waals surface area contributed by atoms with Gasteiger partial charge in [-0.3, -0.25) is 4.21 Å². The number of hydrogen-bond acceptors (Lipinski definition) is 5. The number of hydrogen-bond donors (Lipinski definition) is 2. The van der Waals surface area contributed by atoms with Gasteiger partial charge in [-0.2, -0.15) is 0 Å². The van der Waals surface area contributed by atoms with Crippen molar-refractivity contribution in [1.29, 1.82) is 0 Å². The Kier molecular flexibility index (Phi) is 6.66. The number of halogens is 3. The lowest BCUT2D eigenvalue weighted by Gasteiger charge is -2.14. The molecule has 0 aromatic heterocycles. The van der Waals surface area contributed by atoms with Crippen LogP contribution in [0.3, 0.4) is 0 Å². The number of phenolic OH excluding ortho intramolecular Hbond substituents is 2. The van der Waals surface area contributed by atoms with Crippen LogP contribution in [-0.4, -0.2) is 28.1 Å². The van der Waals surface area contributed by atoms with Crippen molar-refractivity contribution in [2.24, 2.45) is 0 Å². The average Bonchev–Trinajstić information content (AvgIpc) is 2.52. The highest BCUT2D eigenvalue weighted by atomic mass is 79.9. The summed E-state index contributed by atoms with van der Waals surface area (Å²) in [5.74, 6) is -1.63. The Bertz CT molecular complexity index is 991. The van der Waals surface area contributed by atoms with Gasteiger partial charge in [0.2, 0.25) is 0 Å². The van der Waals surface area contributed by atoms with Crippen molar-refractivity contribution in [3.63, 3.8) is 0 Å². The molecule has 2 aromatic rings. The molecule has 0 aliphatic rings. The largest absolute Gasteiger partial charge is 0.506 e. The van der Waals surface area contributed by atoms with E-state index in [1.54, 1.807) is 13.8 Å². The van der Waals surface area contributed by atoms with Gasteiger partial charge in [0.15, 0.2) is 15.6 Å². The van der Waals surface area contributed by atoms with Gasteiger partial charge >= 0.3 is 0 Å². The number of phenols is 2. The summed E-state index contributed by atoms with van der Waals surface area (Å²) in [6, 6.07) is 5.20. The van der Waals surface area contributed by atoms with Gasteiger partial charge in [0.05, 0.1) is 26.5 Å². The second-order valence-corrected chi connectivity index (χ2v) is 11.4. The van der Waals surface area contributed by atoms with Gasteiger partial charge < -0.3 is 10.2 Å². The zero-order valence-electron chi connectivity index (χ0n) is 13.7. The Balaban J connectivity index is 2.56. The molecule has 0 saturated heterocycles. The van der Waals surface area contributed by atoms with Crippen LogP contribution in [0.2, 0.25) is 10.0 Å². The molecule has 2 N–H and O–H groups in total. The number of benzene rings is 2. The van der Waals surface area contributed by atoms with Crippen LogP contribution in [0.4, 0.5) is 0 Å². The Hall–Kier alpha value is -0.800. The van der Waals surface area contributed by atoms with Gasteiger partial charge in [0.25, 0.3) is 0 Å². The van der Waals surface area contributed by atoms with E-state index in [0.717, 1.165) is 0 Å². The van der Waals surface area contributed by atoms with Crippen molar-refractivity contribution in [3.8, 4) is 11.5 Å². The molecule has 5 nitrogen and oxygen atoms in total. The van der Waals surface area contributed by atoms with Crippen LogP contribution < -0.4 is 0 Å². The molecule has 0 heterocycles. The highest BCUT2D eigenvalue weighted by molar-refractivity contribution is 9.10. The highest BCUT2D eigenvalue weighted by Gasteiger charge is 2.26. The Labute approximate surface area is 172 Å². The van der Waals surface area contributed by atoms with Crippen LogP contribution in [0.1, 0.15) is 19.4 Å². The minimum atomic E-state index is -4.07. The Morgan fingerprint density at radius 3 is 2.31 bits per heavy atom. The summed E-state index contributed by atoms with van der Waals surface area (Å²) in [4.78, 5) is -0.322. The lowest BCUT2D eigenvalue weighted by molar-refractivity contribution is 0.453. The van der Waals surface area contributed by atoms with Gasteiger partial charge in [-0.25, -0.2) is 8.42 Å². The van der Waals surface area contributed by atoms with Crippen molar-refractivity contribution in [2.45, 2.75) is 34.6 Å². The second-order valence-electron chi connectivity index (χ2n) is 5.75. The standard InChI is InChI=1S/C16H15BrCl2O5S2/c1-8(2)25(22)13-6-11(18)3-9(15(13)20)7-26(23,24)14-5-10(17)4-12(19)16(14)21/h3-6,8,20-21H,7H2,1-2H3. The van der Waals surface area contributed by atoms with Crippen molar-refractivity contribution < 1.29 is 22.8 Å². The van der Waals surface area contributed by atoms with Crippen LogP contribution in [0.5, 0.6) is 11.5 Å². The van der Waals surface area contributed by atoms with E-state index in [1.165, 1.54) is 24.3 Å². The maximum Gasteiger partial charge on any atom is 0.186 e. The van der Waals surface area contributed by atoms with Gasteiger partial charge in [0, 0.05) is 20.3 Å². The summed E-state index contributed by atoms with van der Waals surface area (Å²) >= 11 is 15.0. The molecule has 142 valence electrons. The van der Waals surface area contributed by atoms with E-state index >= 15 is 0 Å². The lowest BCUT2D eigenvalue weighted by Crippen LogP contribution is -2.09. The zero-order chi connectivity index (χ0) is 19.8. The van der Waals surface area contributed by atoms with E-state index in [0.29, 0.717) is 4.47 Å². The molecule has 0 aliphatic carbocycles. The summed E-state index contributed by atoms with van der Waals surface area (Å²) in [5.41, 5.74) is -0.0167. The fourth-order valence-corrected chi connectivity index (χ4v) is 6.10. The molecule has 26 heavy (non-hydrogen) atoms. The molecule has 2 rings (SSSR count). The molecule has 0 fully saturated rings. The smallest absolute Gasteiger partial charge is 0.186 e. The quantitative estimate of drug-likeness (QED) is 0.621. The fourth-order valence-electron chi connectivity index (χ4n) is 2.21. The summed E-state index contributed by atoms with van der Waals surface area (Å²) < 4.78 is 38.2. The van der Waals surface area contributed by atoms with Crippen LogP contribution in [0.25, 0.3) is 0 Å². The van der Waals surface area contributed by atoms with E-state index < -0.39 is 37.9 Å². The molecule has 0 bridgehead atoms. The summed E-state index contributed by atoms with van der Waals surface area (Å²) in [6.45, 7) is 3.41. The van der Waals surface area contributed by atoms with Crippen LogP contribution in [-0.2, 0) is 26.4 Å². The van der Waals surface area contributed by atoms with Gasteiger partial charge in [-0.15, -0.1) is 0 Å². The van der Waals surface area contributed by atoms with Gasteiger partial charge in [-0.05, 0) is 24.3 Å². The predicted molar refractivity (Wildman–Crippen MR) is 106 cm³/mol. The van der Waals surface area contributed by atoms with E-state index in [4.69, 9.17) is 23.2 Å². The predicted octanol–water partition coefficient (Wildman–Crippen LogP) is 4.66. The van der Waals surface area contributed by atoms with Crippen LogP contribution >= 0.6 is 39.1 Å². The molecule has 0 spiro atoms. The third kappa shape index (κ3) is 4.54. The topological polar surface area (TPSA) is 91.7 Å². The monoisotopic (exact) mass is 500 g/mol. The first-order valence-electron chi connectivity index (χ1n) is 7.26. The van der Waals surface area contributed by atoms with Crippen molar-refractivity contribution in [3.05, 3.63) is 44.3 Å². The van der Waals surface area contributed by atoms with Crippen LogP contribution in [0, 0.1) is 0 Å². The van der Waals surface area contributed by atoms with E-state index in [-0.39, 0.29) is 30.6 Å². The minimum Gasteiger partial charge on any atom is -0.506 e. The first-order chi connectivity index (χ1) is 11.9. The molecule has 2 aromatic carbocycles. The van der Waals surface area contributed by atoms with E-state index in [1.807, 2.05) is 0 Å². The summed E-state index contributed by atoms with van der Waals surface area (Å²) in [5, 5.41) is 20.1. The van der Waals surface area contributed by atoms with Crippen molar-refractivity contribution in [1.82, 2.24) is 0 Å². The minimum absolute atomic E-state index is 0.0167. The molecule has 0 amide bonds. The number of aromatic hydroxyl groups is 2. The molecule has 0 radical (unpaired) electrons. The van der Waals surface area contributed by atoms with Crippen molar-refractivity contribution >= 4 is 59.8 Å². The summed E-state index contributed by atoms with van der Waals surface area (Å²) in [7, 11) is -5.63. The number of sulfone groups is 1. The zero-order valence-corrected chi connectivity index (χ0v) is 18.4. The maximum atomic E-state index is 12.7. The van der Waals surface area contributed by atoms with E-state index in [2.05, 4.69) is 15.9 Å². The normalized spacial score (nSPS) is 13.2. The number of rotatable bonds is 5. The van der Waals surface area contributed by atoms with Crippen molar-refractivity contribution in [2.75, 3.05) is 0 Å². The lowest BCUT2D eigenvalue weighted by atomic mass is 10.2. The van der Waals surface area contributed by atoms with E-state index in [9.17, 15) is 22.8 Å². The first kappa shape index (κ1) is 21.5. The first-order valence-corrected chi connectivity index (χ1v) is 11.7. The Morgan fingerprint density at radius 2 is 1.73 bits per heavy atom. The molecule has 0 saturated carbocycles. The molecule has 0 aliphatic heterocycles. The molecule has 1 atom stereocenters. The SMILES string of the molecule is CC(C)S(=O)c1cc(Cl)cc(CS(=O)(=O)c2cc(Br)cc(Cl)c2O)c1O. The third-order valence-electron chi connectivity index (χ3n) is 3.44.